The number of allylic oxidation sites excluding steroid dienone is 3. The van der Waals surface area contributed by atoms with Crippen LogP contribution in [0.5, 0.6) is 0 Å². The molecule has 0 spiro atoms. The second kappa shape index (κ2) is 36.7. The van der Waals surface area contributed by atoms with E-state index in [1.54, 1.807) is 0 Å². The lowest BCUT2D eigenvalue weighted by molar-refractivity contribution is -0.142. The van der Waals surface area contributed by atoms with Gasteiger partial charge in [-0.2, -0.15) is 0 Å². The van der Waals surface area contributed by atoms with Crippen molar-refractivity contribution in [2.24, 2.45) is 16.5 Å². The zero-order valence-corrected chi connectivity index (χ0v) is 32.7. The van der Waals surface area contributed by atoms with E-state index >= 15 is 0 Å². The molecule has 0 saturated heterocycles. The summed E-state index contributed by atoms with van der Waals surface area (Å²) in [6, 6.07) is 0. The lowest BCUT2D eigenvalue weighted by atomic mass is 9.78. The molecule has 0 aliphatic rings. The van der Waals surface area contributed by atoms with Gasteiger partial charge in [-0.15, -0.1) is 0 Å². The third-order valence-corrected chi connectivity index (χ3v) is 8.21. The summed E-state index contributed by atoms with van der Waals surface area (Å²) >= 11 is 0. The molecule has 0 aromatic rings. The van der Waals surface area contributed by atoms with Crippen LogP contribution < -0.4 is 0 Å². The zero-order valence-electron chi connectivity index (χ0n) is 32.7. The highest BCUT2D eigenvalue weighted by Gasteiger charge is 2.26. The van der Waals surface area contributed by atoms with Crippen molar-refractivity contribution in [3.8, 4) is 0 Å². The van der Waals surface area contributed by atoms with Crippen molar-refractivity contribution in [2.75, 3.05) is 13.2 Å². The Kier molecular flexibility index (Phi) is 38.5. The Hall–Kier alpha value is -2.11. The van der Waals surface area contributed by atoms with Crippen LogP contribution in [0.2, 0.25) is 0 Å². The van der Waals surface area contributed by atoms with Crippen LogP contribution in [0.15, 0.2) is 29.5 Å². The number of rotatable bonds is 27. The summed E-state index contributed by atoms with van der Waals surface area (Å²) < 4.78 is 9.75. The van der Waals surface area contributed by atoms with E-state index in [2.05, 4.69) is 45.5 Å². The molecule has 0 aliphatic heterocycles. The molecule has 0 unspecified atom stereocenters. The molecule has 0 aliphatic carbocycles. The molecule has 0 aromatic carbocycles. The number of esters is 2. The van der Waals surface area contributed by atoms with Crippen molar-refractivity contribution in [3.05, 3.63) is 24.3 Å². The van der Waals surface area contributed by atoms with E-state index in [0.29, 0.717) is 13.2 Å². The van der Waals surface area contributed by atoms with Crippen LogP contribution in [0.4, 0.5) is 0 Å². The van der Waals surface area contributed by atoms with Gasteiger partial charge in [-0.3, -0.25) is 9.59 Å². The fourth-order valence-electron chi connectivity index (χ4n) is 5.25. The van der Waals surface area contributed by atoms with E-state index in [4.69, 9.17) is 14.7 Å². The first-order valence-electron chi connectivity index (χ1n) is 19.2. The first-order chi connectivity index (χ1) is 22.4. The van der Waals surface area contributed by atoms with E-state index in [-0.39, 0.29) is 23.3 Å². The molecule has 0 saturated carbocycles. The molecule has 47 heavy (non-hydrogen) atoms. The second-order valence-corrected chi connectivity index (χ2v) is 13.9. The van der Waals surface area contributed by atoms with Crippen LogP contribution in [0.25, 0.3) is 0 Å². The normalized spacial score (nSPS) is 11.7. The van der Waals surface area contributed by atoms with Crippen LogP contribution >= 0.6 is 0 Å². The summed E-state index contributed by atoms with van der Waals surface area (Å²) in [7, 11) is 0. The highest BCUT2D eigenvalue weighted by atomic mass is 16.5. The number of hydrogen-bond donors (Lipinski definition) is 1. The minimum atomic E-state index is -0.157. The average Bonchev–Trinajstić information content (AvgIpc) is 3.01. The molecule has 0 heterocycles. The number of hydrogen-bond acceptors (Lipinski definition) is 6. The molecule has 1 N–H and O–H groups in total. The van der Waals surface area contributed by atoms with Crippen LogP contribution in [0.3, 0.4) is 0 Å². The summed E-state index contributed by atoms with van der Waals surface area (Å²) in [5, 5.41) is 12.4. The highest BCUT2D eigenvalue weighted by molar-refractivity contribution is 5.90. The number of ether oxygens (including phenoxy) is 2. The maximum Gasteiger partial charge on any atom is 0.302 e. The summed E-state index contributed by atoms with van der Waals surface area (Å²) in [6.07, 6.45) is 31.1. The Morgan fingerprint density at radius 2 is 0.979 bits per heavy atom. The van der Waals surface area contributed by atoms with Gasteiger partial charge < -0.3 is 14.7 Å². The lowest BCUT2D eigenvalue weighted by Gasteiger charge is -2.26. The third-order valence-electron chi connectivity index (χ3n) is 8.21. The van der Waals surface area contributed by atoms with E-state index < -0.39 is 0 Å². The van der Waals surface area contributed by atoms with Crippen LogP contribution in [0.1, 0.15) is 197 Å². The molecule has 0 atom stereocenters. The largest absolute Gasteiger partial charge is 0.466 e. The Morgan fingerprint density at radius 1 is 0.660 bits per heavy atom. The molecule has 0 bridgehead atoms. The molecular formula is C41H79NO5. The van der Waals surface area contributed by atoms with Crippen LogP contribution in [-0.2, 0) is 19.1 Å². The zero-order chi connectivity index (χ0) is 36.2. The van der Waals surface area contributed by atoms with Gasteiger partial charge >= 0.3 is 11.9 Å². The Labute approximate surface area is 292 Å². The molecule has 0 aromatic heterocycles. The maximum absolute atomic E-state index is 10.5. The van der Waals surface area contributed by atoms with Gasteiger partial charge in [0.25, 0.3) is 0 Å². The quantitative estimate of drug-likeness (QED) is 0.0236. The van der Waals surface area contributed by atoms with Crippen molar-refractivity contribution < 1.29 is 24.3 Å². The number of nitrogens with zero attached hydrogens (tertiary/aromatic N) is 1. The Morgan fingerprint density at radius 3 is 1.23 bits per heavy atom. The van der Waals surface area contributed by atoms with Crippen LogP contribution in [0, 0.1) is 11.3 Å². The van der Waals surface area contributed by atoms with Gasteiger partial charge in [0.1, 0.15) is 0 Å². The van der Waals surface area contributed by atoms with Gasteiger partial charge in [0.2, 0.25) is 0 Å². The highest BCUT2D eigenvalue weighted by Crippen LogP contribution is 2.28. The van der Waals surface area contributed by atoms with Gasteiger partial charge in [0.15, 0.2) is 0 Å². The topological polar surface area (TPSA) is 85.2 Å². The van der Waals surface area contributed by atoms with E-state index in [1.165, 1.54) is 129 Å². The molecule has 0 fully saturated rings. The molecule has 0 radical (unpaired) electrons. The Bertz CT molecular complexity index is 749. The van der Waals surface area contributed by atoms with Gasteiger partial charge in [-0.1, -0.05) is 187 Å². The minimum Gasteiger partial charge on any atom is -0.466 e. The predicted octanol–water partition coefficient (Wildman–Crippen LogP) is 13.0. The van der Waals surface area contributed by atoms with Crippen molar-refractivity contribution in [2.45, 2.75) is 197 Å². The summed E-state index contributed by atoms with van der Waals surface area (Å²) in [4.78, 5) is 21.0. The number of oxime groups is 1. The van der Waals surface area contributed by atoms with Gasteiger partial charge in [0.05, 0.1) is 18.9 Å². The standard InChI is InChI=1S/2C14H28O2.C13H23NO/c2*1-3-4-5-6-7-8-9-10-11-12-13-16-14(2)15;1-7-11(4)8-9-13(5,6)12(14-15)10(2)3/h2*3-13H2,1-2H3;7-8,10,15H,1,9H2,2-6H3. The number of unbranched alkanes of at least 4 members (excludes halogenated alkanes) is 18. The lowest BCUT2D eigenvalue weighted by Crippen LogP contribution is -2.28. The Balaban J connectivity index is -0.000000618. The van der Waals surface area contributed by atoms with Crippen molar-refractivity contribution in [3.63, 3.8) is 0 Å². The molecule has 6 heteroatoms. The van der Waals surface area contributed by atoms with E-state index in [0.717, 1.165) is 30.5 Å². The molecular weight excluding hydrogens is 586 g/mol. The van der Waals surface area contributed by atoms with E-state index in [9.17, 15) is 9.59 Å². The number of carbonyl (C=O) groups is 2. The van der Waals surface area contributed by atoms with Crippen molar-refractivity contribution in [1.82, 2.24) is 0 Å². The van der Waals surface area contributed by atoms with E-state index in [1.807, 2.05) is 26.8 Å². The fraction of sp³-hybridized carbons (Fsp3) is 0.829. The van der Waals surface area contributed by atoms with Crippen molar-refractivity contribution in [1.29, 1.82) is 0 Å². The van der Waals surface area contributed by atoms with Gasteiger partial charge in [-0.25, -0.2) is 0 Å². The smallest absolute Gasteiger partial charge is 0.302 e. The first-order valence-corrected chi connectivity index (χ1v) is 19.2. The average molecular weight is 666 g/mol. The molecule has 6 nitrogen and oxygen atoms in total. The van der Waals surface area contributed by atoms with Gasteiger partial charge in [0, 0.05) is 19.3 Å². The van der Waals surface area contributed by atoms with Gasteiger partial charge in [-0.05, 0) is 32.1 Å². The first kappa shape index (κ1) is 49.3. The van der Waals surface area contributed by atoms with Crippen molar-refractivity contribution >= 4 is 17.7 Å². The summed E-state index contributed by atoms with van der Waals surface area (Å²) in [6.45, 7) is 22.7. The maximum atomic E-state index is 10.5. The molecule has 0 rings (SSSR count). The van der Waals surface area contributed by atoms with Crippen LogP contribution in [-0.4, -0.2) is 36.1 Å². The predicted molar refractivity (Wildman–Crippen MR) is 203 cm³/mol. The fourth-order valence-corrected chi connectivity index (χ4v) is 5.25. The summed E-state index contributed by atoms with van der Waals surface area (Å²) in [5.74, 6) is -0.0470. The number of carbonyl (C=O) groups excluding carboxylic acids is 2. The monoisotopic (exact) mass is 666 g/mol. The minimum absolute atomic E-state index is 0.104. The summed E-state index contributed by atoms with van der Waals surface area (Å²) in [5.41, 5.74) is 1.90. The molecule has 278 valence electrons. The second-order valence-electron chi connectivity index (χ2n) is 13.9. The SMILES string of the molecule is C=CC(C)=CCC(C)(C)C(=NO)C(C)C.CCCCCCCCCCCCOC(C)=O.CCCCCCCCCCCCOC(C)=O. The molecule has 0 amide bonds. The third kappa shape index (κ3) is 40.0.